The second-order valence-corrected chi connectivity index (χ2v) is 9.25. The third kappa shape index (κ3) is 4.83. The molecule has 2 fully saturated rings. The second kappa shape index (κ2) is 7.96. The molecule has 29 heavy (non-hydrogen) atoms. The van der Waals surface area contributed by atoms with Gasteiger partial charge in [-0.25, -0.2) is 17.9 Å². The summed E-state index contributed by atoms with van der Waals surface area (Å²) in [5, 5.41) is 5.31. The molecular weight excluding hydrogens is 396 g/mol. The van der Waals surface area contributed by atoms with Crippen LogP contribution in [0.25, 0.3) is 0 Å². The number of nitrogens with zero attached hydrogens (tertiary/aromatic N) is 1. The van der Waals surface area contributed by atoms with Crippen molar-refractivity contribution in [2.24, 2.45) is 5.92 Å². The van der Waals surface area contributed by atoms with Gasteiger partial charge in [-0.15, -0.1) is 6.58 Å². The standard InChI is InChI=1S/C19H24N4O5S/c1-3-10-20-29(27,28)12-13-4-8-15(9-5-13)21-16(24)11-23-17(25)19(2,14-6-7-14)22-18(23)26/h3-5,8-9,14,20H,1,6-7,10-12H2,2H3,(H,21,24)(H,22,26). The molecule has 156 valence electrons. The number of hydrogen-bond donors (Lipinski definition) is 3. The summed E-state index contributed by atoms with van der Waals surface area (Å²) in [5.74, 6) is -0.969. The molecule has 1 saturated carbocycles. The first-order chi connectivity index (χ1) is 13.6. The maximum atomic E-state index is 12.6. The number of anilines is 1. The van der Waals surface area contributed by atoms with Gasteiger partial charge in [0.1, 0.15) is 12.1 Å². The number of benzene rings is 1. The summed E-state index contributed by atoms with van der Waals surface area (Å²) in [5.41, 5.74) is 0.0606. The Bertz CT molecular complexity index is 940. The van der Waals surface area contributed by atoms with Crippen LogP contribution in [0.1, 0.15) is 25.3 Å². The molecule has 0 radical (unpaired) electrons. The Kier molecular flexibility index (Phi) is 5.76. The van der Waals surface area contributed by atoms with Crippen LogP contribution in [-0.2, 0) is 25.4 Å². The normalized spacial score (nSPS) is 21.8. The predicted octanol–water partition coefficient (Wildman–Crippen LogP) is 0.951. The van der Waals surface area contributed by atoms with Gasteiger partial charge in [0.15, 0.2) is 0 Å². The number of carbonyl (C=O) groups excluding carboxylic acids is 3. The summed E-state index contributed by atoms with van der Waals surface area (Å²) in [6.45, 7) is 4.92. The molecule has 9 nitrogen and oxygen atoms in total. The second-order valence-electron chi connectivity index (χ2n) is 7.44. The van der Waals surface area contributed by atoms with E-state index in [0.717, 1.165) is 17.7 Å². The monoisotopic (exact) mass is 420 g/mol. The van der Waals surface area contributed by atoms with E-state index >= 15 is 0 Å². The van der Waals surface area contributed by atoms with E-state index in [4.69, 9.17) is 0 Å². The van der Waals surface area contributed by atoms with Gasteiger partial charge >= 0.3 is 6.03 Å². The Morgan fingerprint density at radius 3 is 2.55 bits per heavy atom. The third-order valence-electron chi connectivity index (χ3n) is 5.04. The van der Waals surface area contributed by atoms with Crippen LogP contribution < -0.4 is 15.4 Å². The summed E-state index contributed by atoms with van der Waals surface area (Å²) in [7, 11) is -3.47. The molecule has 3 rings (SSSR count). The van der Waals surface area contributed by atoms with Gasteiger partial charge in [-0.05, 0) is 43.4 Å². The molecule has 1 aromatic carbocycles. The molecule has 3 N–H and O–H groups in total. The first-order valence-corrected chi connectivity index (χ1v) is 10.9. The van der Waals surface area contributed by atoms with Gasteiger partial charge in [-0.1, -0.05) is 18.2 Å². The largest absolute Gasteiger partial charge is 0.325 e. The lowest BCUT2D eigenvalue weighted by Gasteiger charge is -2.20. The molecule has 1 aliphatic carbocycles. The number of hydrogen-bond acceptors (Lipinski definition) is 5. The number of nitrogens with one attached hydrogen (secondary N) is 3. The zero-order valence-electron chi connectivity index (χ0n) is 16.1. The SMILES string of the molecule is C=CCNS(=O)(=O)Cc1ccc(NC(=O)CN2C(=O)NC(C)(C3CC3)C2=O)cc1. The number of carbonyl (C=O) groups is 3. The van der Waals surface area contributed by atoms with Crippen LogP contribution in [0.4, 0.5) is 10.5 Å². The summed E-state index contributed by atoms with van der Waals surface area (Å²) >= 11 is 0. The molecule has 4 amide bonds. The first-order valence-electron chi connectivity index (χ1n) is 9.26. The van der Waals surface area contributed by atoms with E-state index in [1.54, 1.807) is 31.2 Å². The molecule has 1 aromatic rings. The van der Waals surface area contributed by atoms with E-state index in [1.807, 2.05) is 0 Å². The van der Waals surface area contributed by atoms with Crippen LogP contribution in [-0.4, -0.2) is 49.8 Å². The minimum Gasteiger partial charge on any atom is -0.325 e. The zero-order chi connectivity index (χ0) is 21.2. The van der Waals surface area contributed by atoms with Crippen molar-refractivity contribution >= 4 is 33.6 Å². The number of sulfonamides is 1. The maximum Gasteiger partial charge on any atom is 0.325 e. The minimum atomic E-state index is -3.47. The minimum absolute atomic E-state index is 0.122. The van der Waals surface area contributed by atoms with E-state index < -0.39 is 27.5 Å². The van der Waals surface area contributed by atoms with Gasteiger partial charge in [0, 0.05) is 12.2 Å². The number of amides is 4. The molecular formula is C19H24N4O5S. The predicted molar refractivity (Wildman–Crippen MR) is 107 cm³/mol. The van der Waals surface area contributed by atoms with E-state index in [-0.39, 0.29) is 30.7 Å². The van der Waals surface area contributed by atoms with Crippen molar-refractivity contribution in [2.75, 3.05) is 18.4 Å². The van der Waals surface area contributed by atoms with Crippen LogP contribution in [0.5, 0.6) is 0 Å². The number of rotatable bonds is 9. The van der Waals surface area contributed by atoms with Crippen molar-refractivity contribution in [1.29, 1.82) is 0 Å². The fraction of sp³-hybridized carbons (Fsp3) is 0.421. The lowest BCUT2D eigenvalue weighted by atomic mass is 9.96. The molecule has 1 aliphatic heterocycles. The average molecular weight is 420 g/mol. The van der Waals surface area contributed by atoms with Gasteiger partial charge in [-0.2, -0.15) is 0 Å². The lowest BCUT2D eigenvalue weighted by molar-refractivity contribution is -0.134. The highest BCUT2D eigenvalue weighted by atomic mass is 32.2. The van der Waals surface area contributed by atoms with Gasteiger partial charge in [0.05, 0.1) is 5.75 Å². The number of urea groups is 1. The Hall–Kier alpha value is -2.72. The summed E-state index contributed by atoms with van der Waals surface area (Å²) in [4.78, 5) is 37.9. The van der Waals surface area contributed by atoms with E-state index in [9.17, 15) is 22.8 Å². The molecule has 10 heteroatoms. The maximum absolute atomic E-state index is 12.6. The van der Waals surface area contributed by atoms with Crippen LogP contribution in [0, 0.1) is 5.92 Å². The average Bonchev–Trinajstić information content (AvgIpc) is 3.48. The highest BCUT2D eigenvalue weighted by Gasteiger charge is 2.56. The molecule has 0 aromatic heterocycles. The van der Waals surface area contributed by atoms with Crippen molar-refractivity contribution < 1.29 is 22.8 Å². The first kappa shape index (κ1) is 21.0. The summed E-state index contributed by atoms with van der Waals surface area (Å²) in [6.07, 6.45) is 3.22. The molecule has 2 aliphatic rings. The van der Waals surface area contributed by atoms with Crippen molar-refractivity contribution in [3.63, 3.8) is 0 Å². The van der Waals surface area contributed by atoms with Crippen LogP contribution >= 0.6 is 0 Å². The topological polar surface area (TPSA) is 125 Å². The highest BCUT2D eigenvalue weighted by Crippen LogP contribution is 2.42. The van der Waals surface area contributed by atoms with Crippen LogP contribution in [0.15, 0.2) is 36.9 Å². The molecule has 1 unspecified atom stereocenters. The lowest BCUT2D eigenvalue weighted by Crippen LogP contribution is -2.46. The van der Waals surface area contributed by atoms with Crippen LogP contribution in [0.2, 0.25) is 0 Å². The number of imide groups is 1. The zero-order valence-corrected chi connectivity index (χ0v) is 16.9. The Balaban J connectivity index is 1.56. The fourth-order valence-corrected chi connectivity index (χ4v) is 4.39. The van der Waals surface area contributed by atoms with Crippen molar-refractivity contribution in [3.8, 4) is 0 Å². The van der Waals surface area contributed by atoms with Crippen LogP contribution in [0.3, 0.4) is 0 Å². The quantitative estimate of drug-likeness (QED) is 0.405. The highest BCUT2D eigenvalue weighted by molar-refractivity contribution is 7.88. The smallest absolute Gasteiger partial charge is 0.325 e. The Morgan fingerprint density at radius 2 is 1.97 bits per heavy atom. The summed E-state index contributed by atoms with van der Waals surface area (Å²) < 4.78 is 26.1. The Morgan fingerprint density at radius 1 is 1.31 bits per heavy atom. The molecule has 0 bridgehead atoms. The van der Waals surface area contributed by atoms with E-state index in [1.165, 1.54) is 6.08 Å². The van der Waals surface area contributed by atoms with Gasteiger partial charge in [0.25, 0.3) is 5.91 Å². The molecule has 0 spiro atoms. The van der Waals surface area contributed by atoms with Gasteiger partial charge < -0.3 is 10.6 Å². The summed E-state index contributed by atoms with van der Waals surface area (Å²) in [6, 6.07) is 5.74. The molecule has 1 atom stereocenters. The third-order valence-corrected chi connectivity index (χ3v) is 6.36. The van der Waals surface area contributed by atoms with Gasteiger partial charge in [-0.3, -0.25) is 14.5 Å². The van der Waals surface area contributed by atoms with E-state index in [2.05, 4.69) is 21.9 Å². The van der Waals surface area contributed by atoms with Crippen molar-refractivity contribution in [2.45, 2.75) is 31.1 Å². The Labute approximate surface area is 169 Å². The van der Waals surface area contributed by atoms with E-state index in [0.29, 0.717) is 11.3 Å². The fourth-order valence-electron chi connectivity index (χ4n) is 3.28. The van der Waals surface area contributed by atoms with Gasteiger partial charge in [0.2, 0.25) is 15.9 Å². The molecule has 1 saturated heterocycles. The van der Waals surface area contributed by atoms with Crippen molar-refractivity contribution in [1.82, 2.24) is 14.9 Å². The van der Waals surface area contributed by atoms with Crippen molar-refractivity contribution in [3.05, 3.63) is 42.5 Å². The molecule has 1 heterocycles.